The Morgan fingerprint density at radius 2 is 1.89 bits per heavy atom. The van der Waals surface area contributed by atoms with Gasteiger partial charge in [0.25, 0.3) is 5.91 Å². The van der Waals surface area contributed by atoms with Crippen LogP contribution in [0.5, 0.6) is 5.75 Å². The number of fused-ring (bicyclic) bond motifs is 2. The normalized spacial score (nSPS) is 10.9. The molecular weight excluding hydrogens is 361 g/mol. The minimum absolute atomic E-state index is 0.105. The molecule has 1 N–H and O–H groups in total. The molecule has 1 aromatic heterocycles. The molecule has 5 nitrogen and oxygen atoms in total. The fraction of sp³-hybridized carbons (Fsp3) is 0.0909. The van der Waals surface area contributed by atoms with Gasteiger partial charge in [0.2, 0.25) is 5.43 Å². The molecule has 0 aliphatic heterocycles. The van der Waals surface area contributed by atoms with Gasteiger partial charge in [0, 0.05) is 11.8 Å². The van der Waals surface area contributed by atoms with Crippen molar-refractivity contribution in [3.05, 3.63) is 82.3 Å². The number of benzene rings is 3. The lowest BCUT2D eigenvalue weighted by atomic mass is 10.1. The lowest BCUT2D eigenvalue weighted by molar-refractivity contribution is -0.118. The van der Waals surface area contributed by atoms with E-state index in [0.717, 1.165) is 5.56 Å². The third-order valence-corrected chi connectivity index (χ3v) is 4.29. The van der Waals surface area contributed by atoms with Crippen molar-refractivity contribution >= 4 is 33.5 Å². The van der Waals surface area contributed by atoms with E-state index in [9.17, 15) is 14.0 Å². The Balaban J connectivity index is 1.57. The molecule has 0 fully saturated rings. The average Bonchev–Trinajstić information content (AvgIpc) is 2.67. The van der Waals surface area contributed by atoms with Gasteiger partial charge in [-0.15, -0.1) is 0 Å². The number of para-hydroxylation sites is 1. The van der Waals surface area contributed by atoms with Gasteiger partial charge in [0.1, 0.15) is 11.3 Å². The third kappa shape index (κ3) is 3.44. The van der Waals surface area contributed by atoms with Crippen LogP contribution in [-0.2, 0) is 4.79 Å². The Bertz CT molecular complexity index is 1260. The highest BCUT2D eigenvalue weighted by molar-refractivity contribution is 5.96. The molecular formula is C22H16FNO4. The predicted octanol–water partition coefficient (Wildman–Crippen LogP) is 4.41. The van der Waals surface area contributed by atoms with Crippen LogP contribution in [0.25, 0.3) is 21.9 Å². The van der Waals surface area contributed by atoms with Crippen LogP contribution in [0.4, 0.5) is 10.1 Å². The molecule has 4 rings (SSSR count). The molecule has 0 aliphatic carbocycles. The van der Waals surface area contributed by atoms with Crippen molar-refractivity contribution in [1.29, 1.82) is 0 Å². The maximum absolute atomic E-state index is 14.0. The molecule has 0 unspecified atom stereocenters. The molecule has 1 amide bonds. The molecule has 140 valence electrons. The maximum Gasteiger partial charge on any atom is 0.262 e. The van der Waals surface area contributed by atoms with E-state index in [1.165, 1.54) is 24.3 Å². The fourth-order valence-electron chi connectivity index (χ4n) is 2.97. The molecule has 0 bridgehead atoms. The molecule has 4 aromatic rings. The number of ether oxygens (including phenoxy) is 1. The van der Waals surface area contributed by atoms with E-state index in [1.807, 2.05) is 25.1 Å². The van der Waals surface area contributed by atoms with Gasteiger partial charge in [0.15, 0.2) is 18.0 Å². The molecule has 0 aliphatic rings. The van der Waals surface area contributed by atoms with Crippen LogP contribution in [0.1, 0.15) is 5.56 Å². The number of hydrogen-bond donors (Lipinski definition) is 1. The fourth-order valence-corrected chi connectivity index (χ4v) is 2.97. The Hall–Kier alpha value is -3.67. The smallest absolute Gasteiger partial charge is 0.262 e. The van der Waals surface area contributed by atoms with Crippen LogP contribution in [0.3, 0.4) is 0 Å². The lowest BCUT2D eigenvalue weighted by Gasteiger charge is -2.09. The molecule has 0 saturated heterocycles. The van der Waals surface area contributed by atoms with Crippen molar-refractivity contribution in [2.45, 2.75) is 6.92 Å². The number of rotatable bonds is 4. The summed E-state index contributed by atoms with van der Waals surface area (Å²) in [5, 5.41) is 3.17. The van der Waals surface area contributed by atoms with Crippen LogP contribution in [0, 0.1) is 12.7 Å². The van der Waals surface area contributed by atoms with E-state index in [4.69, 9.17) is 9.15 Å². The van der Waals surface area contributed by atoms with Crippen LogP contribution < -0.4 is 15.5 Å². The zero-order valence-electron chi connectivity index (χ0n) is 15.0. The summed E-state index contributed by atoms with van der Waals surface area (Å²) >= 11 is 0. The summed E-state index contributed by atoms with van der Waals surface area (Å²) in [6, 6.07) is 16.2. The average molecular weight is 377 g/mol. The van der Waals surface area contributed by atoms with Crippen molar-refractivity contribution < 1.29 is 18.3 Å². The minimum Gasteiger partial charge on any atom is -0.484 e. The maximum atomic E-state index is 14.0. The number of amides is 1. The number of halogens is 1. The standard InChI is InChI=1S/C22H16FNO4/c1-13-4-2-5-15(10-13)27-12-20(25)24-14-8-9-16-19(11-14)28-22-17(21(16)26)6-3-7-18(22)23/h2-11H,12H2,1H3,(H,24,25). The quantitative estimate of drug-likeness (QED) is 0.535. The second-order valence-electron chi connectivity index (χ2n) is 6.41. The highest BCUT2D eigenvalue weighted by Gasteiger charge is 2.12. The van der Waals surface area contributed by atoms with E-state index in [0.29, 0.717) is 16.8 Å². The largest absolute Gasteiger partial charge is 0.484 e. The molecule has 1 heterocycles. The zero-order chi connectivity index (χ0) is 19.7. The van der Waals surface area contributed by atoms with E-state index >= 15 is 0 Å². The SMILES string of the molecule is Cc1cccc(OCC(=O)Nc2ccc3c(=O)c4cccc(F)c4oc3c2)c1. The zero-order valence-corrected chi connectivity index (χ0v) is 15.0. The molecule has 0 radical (unpaired) electrons. The van der Waals surface area contributed by atoms with E-state index in [1.54, 1.807) is 18.2 Å². The third-order valence-electron chi connectivity index (χ3n) is 4.29. The number of anilines is 1. The van der Waals surface area contributed by atoms with Gasteiger partial charge in [-0.3, -0.25) is 9.59 Å². The van der Waals surface area contributed by atoms with Crippen molar-refractivity contribution in [3.63, 3.8) is 0 Å². The van der Waals surface area contributed by atoms with Crippen LogP contribution in [-0.4, -0.2) is 12.5 Å². The van der Waals surface area contributed by atoms with Crippen molar-refractivity contribution in [2.24, 2.45) is 0 Å². The minimum atomic E-state index is -0.613. The molecule has 0 atom stereocenters. The summed E-state index contributed by atoms with van der Waals surface area (Å²) in [7, 11) is 0. The predicted molar refractivity (Wildman–Crippen MR) is 105 cm³/mol. The second-order valence-corrected chi connectivity index (χ2v) is 6.41. The van der Waals surface area contributed by atoms with E-state index < -0.39 is 5.82 Å². The Labute approximate surface area is 159 Å². The monoisotopic (exact) mass is 377 g/mol. The first-order chi connectivity index (χ1) is 13.5. The molecule has 28 heavy (non-hydrogen) atoms. The van der Waals surface area contributed by atoms with E-state index in [2.05, 4.69) is 5.32 Å². The van der Waals surface area contributed by atoms with Gasteiger partial charge in [-0.1, -0.05) is 18.2 Å². The number of carbonyl (C=O) groups excluding carboxylic acids is 1. The molecule has 6 heteroatoms. The Kier molecular flexibility index (Phi) is 4.53. The van der Waals surface area contributed by atoms with Gasteiger partial charge in [-0.25, -0.2) is 4.39 Å². The van der Waals surface area contributed by atoms with Crippen LogP contribution in [0.2, 0.25) is 0 Å². The Morgan fingerprint density at radius 1 is 1.07 bits per heavy atom. The van der Waals surface area contributed by atoms with Crippen molar-refractivity contribution in [2.75, 3.05) is 11.9 Å². The summed E-state index contributed by atoms with van der Waals surface area (Å²) in [5.74, 6) is -0.380. The summed E-state index contributed by atoms with van der Waals surface area (Å²) in [5.41, 5.74) is 1.22. The first-order valence-electron chi connectivity index (χ1n) is 8.66. The highest BCUT2D eigenvalue weighted by Crippen LogP contribution is 2.23. The molecule has 3 aromatic carbocycles. The number of aryl methyl sites for hydroxylation is 1. The van der Waals surface area contributed by atoms with Gasteiger partial charge in [-0.2, -0.15) is 0 Å². The highest BCUT2D eigenvalue weighted by atomic mass is 19.1. The van der Waals surface area contributed by atoms with Crippen LogP contribution in [0.15, 0.2) is 69.9 Å². The lowest BCUT2D eigenvalue weighted by Crippen LogP contribution is -2.20. The first-order valence-corrected chi connectivity index (χ1v) is 8.66. The van der Waals surface area contributed by atoms with E-state index in [-0.39, 0.29) is 34.5 Å². The van der Waals surface area contributed by atoms with Gasteiger partial charge >= 0.3 is 0 Å². The summed E-state index contributed by atoms with van der Waals surface area (Å²) in [6.07, 6.45) is 0. The summed E-state index contributed by atoms with van der Waals surface area (Å²) in [6.45, 7) is 1.76. The molecule has 0 saturated carbocycles. The topological polar surface area (TPSA) is 68.5 Å². The number of nitrogens with one attached hydrogen (secondary N) is 1. The van der Waals surface area contributed by atoms with Gasteiger partial charge in [-0.05, 0) is 48.9 Å². The Morgan fingerprint density at radius 3 is 2.71 bits per heavy atom. The first kappa shape index (κ1) is 17.7. The second kappa shape index (κ2) is 7.15. The van der Waals surface area contributed by atoms with Crippen LogP contribution >= 0.6 is 0 Å². The van der Waals surface area contributed by atoms with Gasteiger partial charge < -0.3 is 14.5 Å². The van der Waals surface area contributed by atoms with Crippen molar-refractivity contribution in [1.82, 2.24) is 0 Å². The molecule has 0 spiro atoms. The van der Waals surface area contributed by atoms with Crippen molar-refractivity contribution in [3.8, 4) is 5.75 Å². The number of hydrogen-bond acceptors (Lipinski definition) is 4. The summed E-state index contributed by atoms with van der Waals surface area (Å²) < 4.78 is 25.0. The number of carbonyl (C=O) groups is 1. The van der Waals surface area contributed by atoms with Gasteiger partial charge in [0.05, 0.1) is 10.8 Å². The summed E-state index contributed by atoms with van der Waals surface area (Å²) in [4.78, 5) is 24.7.